The second-order valence-electron chi connectivity index (χ2n) is 4.21. The fourth-order valence-corrected chi connectivity index (χ4v) is 1.44. The lowest BCUT2D eigenvalue weighted by atomic mass is 10.2. The molecule has 0 heterocycles. The van der Waals surface area contributed by atoms with Gasteiger partial charge >= 0.3 is 5.97 Å². The van der Waals surface area contributed by atoms with Crippen molar-refractivity contribution in [2.75, 3.05) is 39.6 Å². The summed E-state index contributed by atoms with van der Waals surface area (Å²) in [6.07, 6.45) is 0. The van der Waals surface area contributed by atoms with Crippen molar-refractivity contribution in [2.24, 2.45) is 16.5 Å². The van der Waals surface area contributed by atoms with E-state index < -0.39 is 5.97 Å². The molecular weight excluding hydrogens is 290 g/mol. The molecule has 1 aromatic rings. The van der Waals surface area contributed by atoms with E-state index in [1.807, 2.05) is 0 Å². The van der Waals surface area contributed by atoms with E-state index in [1.165, 1.54) is 24.3 Å². The Morgan fingerprint density at radius 3 is 2.23 bits per heavy atom. The van der Waals surface area contributed by atoms with Crippen LogP contribution in [0, 0.1) is 0 Å². The molecule has 1 rings (SSSR count). The number of esters is 1. The minimum Gasteiger partial charge on any atom is -0.508 e. The highest BCUT2D eigenvalue weighted by molar-refractivity contribution is 5.89. The summed E-state index contributed by atoms with van der Waals surface area (Å²) >= 11 is 0. The maximum atomic E-state index is 11.6. The molecule has 0 amide bonds. The summed E-state index contributed by atoms with van der Waals surface area (Å²) in [6.45, 7) is 2.04. The van der Waals surface area contributed by atoms with Gasteiger partial charge in [-0.3, -0.25) is 4.99 Å². The van der Waals surface area contributed by atoms with Gasteiger partial charge in [-0.1, -0.05) is 0 Å². The van der Waals surface area contributed by atoms with Gasteiger partial charge in [0, 0.05) is 0 Å². The first-order valence-electron chi connectivity index (χ1n) is 6.76. The molecule has 0 aliphatic carbocycles. The minimum absolute atomic E-state index is 0.0373. The van der Waals surface area contributed by atoms with Gasteiger partial charge in [0.25, 0.3) is 0 Å². The molecule has 8 heteroatoms. The van der Waals surface area contributed by atoms with Gasteiger partial charge in [-0.25, -0.2) is 4.79 Å². The molecule has 0 radical (unpaired) electrons. The molecule has 0 aromatic heterocycles. The summed E-state index contributed by atoms with van der Waals surface area (Å²) in [5.41, 5.74) is 10.7. The van der Waals surface area contributed by atoms with Gasteiger partial charge in [0.1, 0.15) is 12.4 Å². The van der Waals surface area contributed by atoms with Crippen molar-refractivity contribution in [2.45, 2.75) is 0 Å². The number of benzene rings is 1. The van der Waals surface area contributed by atoms with Crippen LogP contribution >= 0.6 is 0 Å². The lowest BCUT2D eigenvalue weighted by Crippen LogP contribution is -2.23. The molecule has 0 unspecified atom stereocenters. The third-order valence-corrected chi connectivity index (χ3v) is 2.47. The summed E-state index contributed by atoms with van der Waals surface area (Å²) in [6, 6.07) is 5.82. The number of aromatic hydroxyl groups is 1. The van der Waals surface area contributed by atoms with E-state index in [0.717, 1.165) is 0 Å². The molecule has 0 fully saturated rings. The van der Waals surface area contributed by atoms with Crippen LogP contribution in [0.5, 0.6) is 5.75 Å². The molecule has 0 saturated heterocycles. The Balaban J connectivity index is 1.98. The zero-order chi connectivity index (χ0) is 16.2. The zero-order valence-corrected chi connectivity index (χ0v) is 12.2. The number of phenols is 1. The van der Waals surface area contributed by atoms with E-state index in [4.69, 9.17) is 30.8 Å². The van der Waals surface area contributed by atoms with E-state index in [9.17, 15) is 4.79 Å². The van der Waals surface area contributed by atoms with Crippen molar-refractivity contribution >= 4 is 11.9 Å². The van der Waals surface area contributed by atoms with E-state index in [1.54, 1.807) is 0 Å². The third kappa shape index (κ3) is 8.08. The topological polar surface area (TPSA) is 129 Å². The molecule has 0 spiro atoms. The van der Waals surface area contributed by atoms with Crippen molar-refractivity contribution in [1.29, 1.82) is 0 Å². The van der Waals surface area contributed by atoms with Gasteiger partial charge in [-0.15, -0.1) is 0 Å². The monoisotopic (exact) mass is 311 g/mol. The Morgan fingerprint density at radius 1 is 1.00 bits per heavy atom. The second kappa shape index (κ2) is 10.4. The Hall–Kier alpha value is -2.32. The predicted octanol–water partition coefficient (Wildman–Crippen LogP) is -0.144. The molecule has 0 bridgehead atoms. The van der Waals surface area contributed by atoms with Crippen LogP contribution in [0.15, 0.2) is 29.3 Å². The standard InChI is InChI=1S/C14H21N3O5/c15-14(16)17-5-6-20-7-8-21-9-10-22-13(19)11-1-3-12(18)4-2-11/h1-4,18H,5-10H2,(H4,15,16,17). The number of hydrogen-bond donors (Lipinski definition) is 3. The van der Waals surface area contributed by atoms with E-state index in [2.05, 4.69) is 4.99 Å². The number of carbonyl (C=O) groups is 1. The summed E-state index contributed by atoms with van der Waals surface area (Å²) < 4.78 is 15.5. The number of guanidine groups is 1. The van der Waals surface area contributed by atoms with Gasteiger partial charge in [0.15, 0.2) is 5.96 Å². The molecule has 1 aromatic carbocycles. The molecule has 0 aliphatic heterocycles. The maximum Gasteiger partial charge on any atom is 0.338 e. The average molecular weight is 311 g/mol. The summed E-state index contributed by atoms with van der Waals surface area (Å²) in [7, 11) is 0. The average Bonchev–Trinajstić information content (AvgIpc) is 2.49. The fraction of sp³-hybridized carbons (Fsp3) is 0.429. The number of rotatable bonds is 10. The molecule has 122 valence electrons. The van der Waals surface area contributed by atoms with Crippen LogP contribution in [0.3, 0.4) is 0 Å². The number of nitrogens with zero attached hydrogens (tertiary/aromatic N) is 1. The number of aliphatic imine (C=N–C) groups is 1. The van der Waals surface area contributed by atoms with Crippen LogP contribution in [0.4, 0.5) is 0 Å². The van der Waals surface area contributed by atoms with Crippen LogP contribution in [0.2, 0.25) is 0 Å². The molecule has 5 N–H and O–H groups in total. The highest BCUT2D eigenvalue weighted by atomic mass is 16.6. The Morgan fingerprint density at radius 2 is 1.59 bits per heavy atom. The number of ether oxygens (including phenoxy) is 3. The first-order valence-corrected chi connectivity index (χ1v) is 6.76. The Labute approximate surface area is 128 Å². The molecule has 22 heavy (non-hydrogen) atoms. The summed E-state index contributed by atoms with van der Waals surface area (Å²) in [5, 5.41) is 9.11. The number of phenolic OH excluding ortho intramolecular Hbond substituents is 1. The first kappa shape index (κ1) is 17.7. The van der Waals surface area contributed by atoms with E-state index in [0.29, 0.717) is 31.9 Å². The van der Waals surface area contributed by atoms with Crippen molar-refractivity contribution < 1.29 is 24.1 Å². The summed E-state index contributed by atoms with van der Waals surface area (Å²) in [4.78, 5) is 15.4. The number of hydrogen-bond acceptors (Lipinski definition) is 6. The quantitative estimate of drug-likeness (QED) is 0.237. The van der Waals surface area contributed by atoms with Crippen LogP contribution in [0.25, 0.3) is 0 Å². The largest absolute Gasteiger partial charge is 0.508 e. The van der Waals surface area contributed by atoms with Crippen LogP contribution in [0.1, 0.15) is 10.4 Å². The smallest absolute Gasteiger partial charge is 0.338 e. The molecule has 0 atom stereocenters. The van der Waals surface area contributed by atoms with Gasteiger partial charge in [-0.2, -0.15) is 0 Å². The normalized spacial score (nSPS) is 10.2. The molecular formula is C14H21N3O5. The summed E-state index contributed by atoms with van der Waals surface area (Å²) in [5.74, 6) is -0.327. The lowest BCUT2D eigenvalue weighted by molar-refractivity contribution is 0.0157. The number of carbonyl (C=O) groups excluding carboxylic acids is 1. The highest BCUT2D eigenvalue weighted by Crippen LogP contribution is 2.10. The maximum absolute atomic E-state index is 11.6. The van der Waals surface area contributed by atoms with Crippen molar-refractivity contribution in [3.05, 3.63) is 29.8 Å². The van der Waals surface area contributed by atoms with Crippen molar-refractivity contribution in [3.8, 4) is 5.75 Å². The predicted molar refractivity (Wildman–Crippen MR) is 80.7 cm³/mol. The lowest BCUT2D eigenvalue weighted by Gasteiger charge is -2.06. The van der Waals surface area contributed by atoms with Gasteiger partial charge < -0.3 is 30.8 Å². The molecule has 8 nitrogen and oxygen atoms in total. The highest BCUT2D eigenvalue weighted by Gasteiger charge is 2.06. The SMILES string of the molecule is NC(N)=NCCOCCOCCOC(=O)c1ccc(O)cc1. The number of nitrogens with two attached hydrogens (primary N) is 2. The van der Waals surface area contributed by atoms with Crippen LogP contribution in [-0.4, -0.2) is 56.6 Å². The first-order chi connectivity index (χ1) is 10.6. The molecule has 0 aliphatic rings. The third-order valence-electron chi connectivity index (χ3n) is 2.47. The van der Waals surface area contributed by atoms with Gasteiger partial charge in [0.05, 0.1) is 38.5 Å². The zero-order valence-electron chi connectivity index (χ0n) is 12.2. The van der Waals surface area contributed by atoms with Crippen LogP contribution < -0.4 is 11.5 Å². The van der Waals surface area contributed by atoms with Crippen LogP contribution in [-0.2, 0) is 14.2 Å². The van der Waals surface area contributed by atoms with Crippen molar-refractivity contribution in [1.82, 2.24) is 0 Å². The molecule has 0 saturated carbocycles. The van der Waals surface area contributed by atoms with E-state index in [-0.39, 0.29) is 24.9 Å². The Bertz CT molecular complexity index is 472. The van der Waals surface area contributed by atoms with E-state index >= 15 is 0 Å². The minimum atomic E-state index is -0.461. The van der Waals surface area contributed by atoms with Gasteiger partial charge in [0.2, 0.25) is 0 Å². The van der Waals surface area contributed by atoms with Gasteiger partial charge in [-0.05, 0) is 24.3 Å². The van der Waals surface area contributed by atoms with Crippen molar-refractivity contribution in [3.63, 3.8) is 0 Å². The second-order valence-corrected chi connectivity index (χ2v) is 4.21. The Kier molecular flexibility index (Phi) is 8.39. The fourth-order valence-electron chi connectivity index (χ4n) is 1.44.